The van der Waals surface area contributed by atoms with Crippen molar-refractivity contribution < 1.29 is 27.3 Å². The molecule has 1 amide bonds. The Labute approximate surface area is 193 Å². The third-order valence-electron chi connectivity index (χ3n) is 5.52. The fourth-order valence-corrected chi connectivity index (χ4v) is 5.46. The van der Waals surface area contributed by atoms with Gasteiger partial charge in [0.2, 0.25) is 15.9 Å². The van der Waals surface area contributed by atoms with Crippen LogP contribution in [-0.4, -0.2) is 49.5 Å². The molecule has 1 N–H and O–H groups in total. The number of aryl methyl sites for hydroxylation is 2. The molecule has 1 saturated heterocycles. The fourth-order valence-electron chi connectivity index (χ4n) is 3.73. The lowest BCUT2D eigenvalue weighted by molar-refractivity contribution is -0.149. The lowest BCUT2D eigenvalue weighted by Gasteiger charge is -2.30. The summed E-state index contributed by atoms with van der Waals surface area (Å²) in [6.07, 6.45) is 4.22. The number of hydrogen-bond acceptors (Lipinski definition) is 7. The van der Waals surface area contributed by atoms with Gasteiger partial charge in [0, 0.05) is 20.0 Å². The fraction of sp³-hybridized carbons (Fsp3) is 0.435. The van der Waals surface area contributed by atoms with Crippen molar-refractivity contribution in [3.63, 3.8) is 0 Å². The number of amides is 1. The van der Waals surface area contributed by atoms with Crippen LogP contribution in [0.15, 0.2) is 27.6 Å². The second-order valence-electron chi connectivity index (χ2n) is 7.98. The molecule has 1 aliphatic heterocycles. The number of aromatic nitrogens is 1. The first-order valence-corrected chi connectivity index (χ1v) is 12.3. The monoisotopic (exact) mass is 475 g/mol. The van der Waals surface area contributed by atoms with Gasteiger partial charge in [-0.05, 0) is 56.9 Å². The summed E-state index contributed by atoms with van der Waals surface area (Å²) in [5.41, 5.74) is 2.31. The minimum absolute atomic E-state index is 0.218. The van der Waals surface area contributed by atoms with Gasteiger partial charge >= 0.3 is 5.97 Å². The zero-order valence-electron chi connectivity index (χ0n) is 19.3. The Morgan fingerprint density at radius 3 is 2.58 bits per heavy atom. The molecule has 0 saturated carbocycles. The molecule has 0 aliphatic carbocycles. The molecule has 33 heavy (non-hydrogen) atoms. The Morgan fingerprint density at radius 2 is 1.94 bits per heavy atom. The molecule has 2 aromatic rings. The maximum atomic E-state index is 13.3. The van der Waals surface area contributed by atoms with Gasteiger partial charge in [-0.15, -0.1) is 0 Å². The van der Waals surface area contributed by atoms with Gasteiger partial charge < -0.3 is 14.6 Å². The van der Waals surface area contributed by atoms with Gasteiger partial charge in [0.25, 0.3) is 0 Å². The van der Waals surface area contributed by atoms with Gasteiger partial charge in [-0.25, -0.2) is 8.42 Å². The van der Waals surface area contributed by atoms with Crippen molar-refractivity contribution in [1.82, 2.24) is 9.46 Å². The number of anilines is 1. The molecule has 1 aliphatic rings. The van der Waals surface area contributed by atoms with Gasteiger partial charge in [0.05, 0.1) is 17.4 Å². The second-order valence-corrected chi connectivity index (χ2v) is 9.88. The van der Waals surface area contributed by atoms with E-state index in [0.29, 0.717) is 47.7 Å². The van der Waals surface area contributed by atoms with Crippen LogP contribution in [0.3, 0.4) is 0 Å². The minimum Gasteiger partial charge on any atom is -0.466 e. The predicted octanol–water partition coefficient (Wildman–Crippen LogP) is 3.38. The zero-order chi connectivity index (χ0) is 24.2. The number of esters is 1. The third kappa shape index (κ3) is 5.69. The van der Waals surface area contributed by atoms with Crippen LogP contribution in [0.2, 0.25) is 0 Å². The minimum atomic E-state index is -3.72. The van der Waals surface area contributed by atoms with Gasteiger partial charge in [0.1, 0.15) is 11.4 Å². The Bertz CT molecular complexity index is 1160. The van der Waals surface area contributed by atoms with E-state index >= 15 is 0 Å². The highest BCUT2D eigenvalue weighted by Crippen LogP contribution is 2.28. The molecule has 0 radical (unpaired) electrons. The zero-order valence-corrected chi connectivity index (χ0v) is 20.1. The molecule has 0 unspecified atom stereocenters. The molecule has 1 fully saturated rings. The molecular weight excluding hydrogens is 446 g/mol. The first-order chi connectivity index (χ1) is 15.6. The normalized spacial score (nSPS) is 15.6. The van der Waals surface area contributed by atoms with E-state index in [9.17, 15) is 18.0 Å². The quantitative estimate of drug-likeness (QED) is 0.610. The van der Waals surface area contributed by atoms with E-state index in [4.69, 9.17) is 9.26 Å². The predicted molar refractivity (Wildman–Crippen MR) is 124 cm³/mol. The largest absolute Gasteiger partial charge is 0.466 e. The van der Waals surface area contributed by atoms with Gasteiger partial charge in [0.15, 0.2) is 5.76 Å². The van der Waals surface area contributed by atoms with Crippen LogP contribution in [-0.2, 0) is 24.3 Å². The van der Waals surface area contributed by atoms with Crippen molar-refractivity contribution in [3.05, 3.63) is 40.8 Å². The highest BCUT2D eigenvalue weighted by Gasteiger charge is 2.33. The summed E-state index contributed by atoms with van der Waals surface area (Å²) in [7, 11) is -3.72. The van der Waals surface area contributed by atoms with Crippen LogP contribution in [0, 0.1) is 19.8 Å². The number of ether oxygens (including phenoxy) is 1. The molecule has 10 heteroatoms. The van der Waals surface area contributed by atoms with Crippen molar-refractivity contribution in [2.24, 2.45) is 5.92 Å². The SMILES string of the molecule is CCOC(=O)C1CCN(S(=O)(=O)c2cc(/C=C\c3onc(C)c3NC(C)=O)ccc2C)CC1. The number of carbonyl (C=O) groups excluding carboxylic acids is 2. The highest BCUT2D eigenvalue weighted by molar-refractivity contribution is 7.89. The summed E-state index contributed by atoms with van der Waals surface area (Å²) in [5, 5.41) is 6.55. The molecule has 1 aromatic carbocycles. The van der Waals surface area contributed by atoms with E-state index < -0.39 is 10.0 Å². The number of rotatable bonds is 7. The second kappa shape index (κ2) is 10.3. The maximum absolute atomic E-state index is 13.3. The topological polar surface area (TPSA) is 119 Å². The Hall–Kier alpha value is -2.98. The first kappa shape index (κ1) is 24.7. The summed E-state index contributed by atoms with van der Waals surface area (Å²) in [6.45, 7) is 7.47. The van der Waals surface area contributed by atoms with Crippen molar-refractivity contribution in [1.29, 1.82) is 0 Å². The summed E-state index contributed by atoms with van der Waals surface area (Å²) in [4.78, 5) is 23.6. The number of hydrogen-bond donors (Lipinski definition) is 1. The summed E-state index contributed by atoms with van der Waals surface area (Å²) in [5.74, 6) is -0.408. The molecule has 2 heterocycles. The van der Waals surface area contributed by atoms with E-state index in [1.165, 1.54) is 11.2 Å². The Balaban J connectivity index is 1.80. The average Bonchev–Trinajstić information content (AvgIpc) is 3.12. The van der Waals surface area contributed by atoms with Crippen LogP contribution in [0.25, 0.3) is 12.2 Å². The van der Waals surface area contributed by atoms with Crippen molar-refractivity contribution in [3.8, 4) is 0 Å². The number of piperidine rings is 1. The van der Waals surface area contributed by atoms with Gasteiger partial charge in [-0.2, -0.15) is 4.31 Å². The van der Waals surface area contributed by atoms with Crippen LogP contribution in [0.5, 0.6) is 0 Å². The maximum Gasteiger partial charge on any atom is 0.309 e. The van der Waals surface area contributed by atoms with Crippen LogP contribution < -0.4 is 5.32 Å². The molecule has 178 valence electrons. The van der Waals surface area contributed by atoms with E-state index in [-0.39, 0.29) is 35.8 Å². The lowest BCUT2D eigenvalue weighted by Crippen LogP contribution is -2.40. The molecule has 0 atom stereocenters. The standard InChI is InChI=1S/C23H29N3O6S/c1-5-31-23(28)19-10-12-26(13-11-19)33(29,30)21-14-18(7-6-15(21)2)8-9-20-22(24-17(4)27)16(3)25-32-20/h6-9,14,19H,5,10-13H2,1-4H3,(H,24,27)/b9-8-. The lowest BCUT2D eigenvalue weighted by atomic mass is 9.98. The van der Waals surface area contributed by atoms with Crippen molar-refractivity contribution >= 4 is 39.7 Å². The number of carbonyl (C=O) groups is 2. The van der Waals surface area contributed by atoms with E-state index in [1.54, 1.807) is 51.1 Å². The smallest absolute Gasteiger partial charge is 0.309 e. The van der Waals surface area contributed by atoms with Crippen molar-refractivity contribution in [2.45, 2.75) is 45.4 Å². The average molecular weight is 476 g/mol. The van der Waals surface area contributed by atoms with E-state index in [1.807, 2.05) is 0 Å². The molecule has 0 bridgehead atoms. The number of benzene rings is 1. The summed E-state index contributed by atoms with van der Waals surface area (Å²) < 4.78 is 38.4. The van der Waals surface area contributed by atoms with Crippen LogP contribution in [0.4, 0.5) is 5.69 Å². The Morgan fingerprint density at radius 1 is 1.24 bits per heavy atom. The molecular formula is C23H29N3O6S. The number of sulfonamides is 1. The Kier molecular flexibility index (Phi) is 7.70. The third-order valence-corrected chi connectivity index (χ3v) is 7.56. The molecule has 0 spiro atoms. The first-order valence-electron chi connectivity index (χ1n) is 10.8. The molecule has 3 rings (SSSR count). The number of nitrogens with zero attached hydrogens (tertiary/aromatic N) is 2. The molecule has 9 nitrogen and oxygen atoms in total. The van der Waals surface area contributed by atoms with Crippen LogP contribution in [0.1, 0.15) is 49.3 Å². The summed E-state index contributed by atoms with van der Waals surface area (Å²) in [6, 6.07) is 5.16. The molecule has 1 aromatic heterocycles. The summed E-state index contributed by atoms with van der Waals surface area (Å²) >= 11 is 0. The van der Waals surface area contributed by atoms with Crippen LogP contribution >= 0.6 is 0 Å². The van der Waals surface area contributed by atoms with E-state index in [0.717, 1.165) is 0 Å². The van der Waals surface area contributed by atoms with E-state index in [2.05, 4.69) is 10.5 Å². The van der Waals surface area contributed by atoms with Gasteiger partial charge in [-0.3, -0.25) is 9.59 Å². The van der Waals surface area contributed by atoms with Crippen molar-refractivity contribution in [2.75, 3.05) is 25.0 Å². The number of nitrogens with one attached hydrogen (secondary N) is 1. The van der Waals surface area contributed by atoms with Gasteiger partial charge in [-0.1, -0.05) is 23.4 Å². The highest BCUT2D eigenvalue weighted by atomic mass is 32.2.